The summed E-state index contributed by atoms with van der Waals surface area (Å²) in [6.07, 6.45) is 5.42. The Labute approximate surface area is 185 Å². The fraction of sp³-hybridized carbons (Fsp3) is 0.208. The van der Waals surface area contributed by atoms with Gasteiger partial charge in [0, 0.05) is 23.2 Å². The molecule has 1 aliphatic heterocycles. The second-order valence-electron chi connectivity index (χ2n) is 8.43. The SMILES string of the molecule is [C-]#[N+]c1ccc(N2CC3(CC3)c3nnc(C)n3-c3ccc(-c4cnc(N)cn4)cc32)cc1. The van der Waals surface area contributed by atoms with Gasteiger partial charge in [0.05, 0.1) is 36.0 Å². The Morgan fingerprint density at radius 3 is 2.50 bits per heavy atom. The Bertz CT molecular complexity index is 1380. The van der Waals surface area contributed by atoms with Crippen LogP contribution in [0.1, 0.15) is 24.5 Å². The first-order chi connectivity index (χ1) is 15.6. The van der Waals surface area contributed by atoms with E-state index in [0.717, 1.165) is 59.4 Å². The quantitative estimate of drug-likeness (QED) is 0.485. The molecule has 0 saturated heterocycles. The van der Waals surface area contributed by atoms with Crippen LogP contribution in [-0.2, 0) is 5.41 Å². The van der Waals surface area contributed by atoms with Crippen molar-refractivity contribution >= 4 is 22.9 Å². The lowest BCUT2D eigenvalue weighted by molar-refractivity contribution is 0.635. The molecule has 1 fully saturated rings. The van der Waals surface area contributed by atoms with E-state index < -0.39 is 0 Å². The summed E-state index contributed by atoms with van der Waals surface area (Å²) in [6.45, 7) is 10.1. The Balaban J connectivity index is 1.58. The highest BCUT2D eigenvalue weighted by molar-refractivity contribution is 5.79. The molecule has 6 rings (SSSR count). The largest absolute Gasteiger partial charge is 0.382 e. The molecule has 2 aliphatic rings. The van der Waals surface area contributed by atoms with Crippen molar-refractivity contribution in [2.75, 3.05) is 17.2 Å². The van der Waals surface area contributed by atoms with E-state index in [4.69, 9.17) is 12.3 Å². The van der Waals surface area contributed by atoms with E-state index in [2.05, 4.69) is 46.6 Å². The minimum Gasteiger partial charge on any atom is -0.382 e. The fourth-order valence-electron chi connectivity index (χ4n) is 4.50. The predicted molar refractivity (Wildman–Crippen MR) is 122 cm³/mol. The van der Waals surface area contributed by atoms with Crippen molar-refractivity contribution in [1.29, 1.82) is 0 Å². The topological polar surface area (TPSA) is 90.1 Å². The molecule has 1 spiro atoms. The minimum absolute atomic E-state index is 0.0279. The number of nitrogens with zero attached hydrogens (tertiary/aromatic N) is 7. The van der Waals surface area contributed by atoms with Crippen LogP contribution in [0.2, 0.25) is 0 Å². The molecule has 0 unspecified atom stereocenters. The average molecular weight is 420 g/mol. The molecule has 0 atom stereocenters. The van der Waals surface area contributed by atoms with Crippen LogP contribution in [0.3, 0.4) is 0 Å². The van der Waals surface area contributed by atoms with Gasteiger partial charge >= 0.3 is 0 Å². The number of nitrogen functional groups attached to an aromatic ring is 1. The zero-order valence-electron chi connectivity index (χ0n) is 17.5. The molecular formula is C24H20N8. The van der Waals surface area contributed by atoms with Crippen LogP contribution in [0.15, 0.2) is 54.9 Å². The van der Waals surface area contributed by atoms with Crippen LogP contribution in [0.5, 0.6) is 0 Å². The van der Waals surface area contributed by atoms with Crippen molar-refractivity contribution in [3.8, 4) is 16.9 Å². The summed E-state index contributed by atoms with van der Waals surface area (Å²) >= 11 is 0. The second kappa shape index (κ2) is 6.62. The molecule has 2 aromatic heterocycles. The summed E-state index contributed by atoms with van der Waals surface area (Å²) in [6, 6.07) is 14.1. The minimum atomic E-state index is -0.0279. The van der Waals surface area contributed by atoms with Gasteiger partial charge in [0.1, 0.15) is 17.5 Å². The molecule has 3 heterocycles. The van der Waals surface area contributed by atoms with Gasteiger partial charge in [0.15, 0.2) is 5.69 Å². The number of aryl methyl sites for hydroxylation is 1. The van der Waals surface area contributed by atoms with Crippen molar-refractivity contribution < 1.29 is 0 Å². The van der Waals surface area contributed by atoms with Crippen LogP contribution in [0, 0.1) is 13.5 Å². The third-order valence-electron chi connectivity index (χ3n) is 6.38. The predicted octanol–water partition coefficient (Wildman–Crippen LogP) is 4.35. The Hall–Kier alpha value is -4.25. The average Bonchev–Trinajstić information content (AvgIpc) is 3.53. The third kappa shape index (κ3) is 2.75. The van der Waals surface area contributed by atoms with E-state index in [-0.39, 0.29) is 5.41 Å². The summed E-state index contributed by atoms with van der Waals surface area (Å²) in [4.78, 5) is 14.5. The van der Waals surface area contributed by atoms with E-state index in [0.29, 0.717) is 11.5 Å². The van der Waals surface area contributed by atoms with Gasteiger partial charge in [-0.05, 0) is 44.0 Å². The second-order valence-corrected chi connectivity index (χ2v) is 8.43. The molecule has 0 radical (unpaired) electrons. The summed E-state index contributed by atoms with van der Waals surface area (Å²) in [5.41, 5.74) is 11.2. The first-order valence-corrected chi connectivity index (χ1v) is 10.5. The van der Waals surface area contributed by atoms with E-state index in [1.165, 1.54) is 0 Å². The highest BCUT2D eigenvalue weighted by Crippen LogP contribution is 2.53. The van der Waals surface area contributed by atoms with Gasteiger partial charge in [0.25, 0.3) is 0 Å². The molecule has 1 aliphatic carbocycles. The Morgan fingerprint density at radius 2 is 1.81 bits per heavy atom. The third-order valence-corrected chi connectivity index (χ3v) is 6.38. The van der Waals surface area contributed by atoms with Gasteiger partial charge in [-0.25, -0.2) is 9.83 Å². The van der Waals surface area contributed by atoms with Gasteiger partial charge in [0.2, 0.25) is 0 Å². The lowest BCUT2D eigenvalue weighted by atomic mass is 10.0. The molecule has 8 heteroatoms. The van der Waals surface area contributed by atoms with Gasteiger partial charge in [-0.1, -0.05) is 18.2 Å². The maximum absolute atomic E-state index is 7.28. The fourth-order valence-corrected chi connectivity index (χ4v) is 4.50. The van der Waals surface area contributed by atoms with Gasteiger partial charge in [-0.3, -0.25) is 9.55 Å². The first-order valence-electron chi connectivity index (χ1n) is 10.5. The summed E-state index contributed by atoms with van der Waals surface area (Å²) in [5.74, 6) is 2.29. The van der Waals surface area contributed by atoms with Crippen molar-refractivity contribution in [1.82, 2.24) is 24.7 Å². The molecule has 32 heavy (non-hydrogen) atoms. The number of rotatable bonds is 2. The maximum Gasteiger partial charge on any atom is 0.187 e. The monoisotopic (exact) mass is 420 g/mol. The van der Waals surface area contributed by atoms with Crippen LogP contribution in [0.25, 0.3) is 21.8 Å². The van der Waals surface area contributed by atoms with E-state index >= 15 is 0 Å². The molecule has 4 aromatic rings. The number of fused-ring (bicyclic) bond motifs is 4. The molecule has 2 aromatic carbocycles. The number of benzene rings is 2. The number of hydrogen-bond donors (Lipinski definition) is 1. The number of hydrogen-bond acceptors (Lipinski definition) is 6. The van der Waals surface area contributed by atoms with Crippen LogP contribution >= 0.6 is 0 Å². The van der Waals surface area contributed by atoms with Crippen LogP contribution in [-0.4, -0.2) is 31.3 Å². The van der Waals surface area contributed by atoms with E-state index in [1.807, 2.05) is 37.3 Å². The Morgan fingerprint density at radius 1 is 1.00 bits per heavy atom. The summed E-state index contributed by atoms with van der Waals surface area (Å²) < 4.78 is 2.19. The lowest BCUT2D eigenvalue weighted by Gasteiger charge is -2.28. The smallest absolute Gasteiger partial charge is 0.187 e. The number of anilines is 3. The first kappa shape index (κ1) is 18.5. The molecule has 2 N–H and O–H groups in total. The van der Waals surface area contributed by atoms with Gasteiger partial charge < -0.3 is 10.6 Å². The normalized spacial score (nSPS) is 15.6. The molecule has 156 valence electrons. The van der Waals surface area contributed by atoms with Crippen molar-refractivity contribution in [3.05, 3.63) is 77.9 Å². The highest BCUT2D eigenvalue weighted by atomic mass is 15.3. The zero-order valence-corrected chi connectivity index (χ0v) is 17.5. The maximum atomic E-state index is 7.28. The lowest BCUT2D eigenvalue weighted by Crippen LogP contribution is -2.28. The van der Waals surface area contributed by atoms with Gasteiger partial charge in [-0.2, -0.15) is 0 Å². The van der Waals surface area contributed by atoms with Crippen LogP contribution in [0.4, 0.5) is 22.9 Å². The standard InChI is InChI=1S/C24H20N8/c1-15-29-30-23-24(9-10-24)14-31(18-6-4-17(26-2)5-7-18)21-11-16(3-8-20(21)32(15)23)19-12-28-22(25)13-27-19/h3-8,11-13H,9-10,14H2,1H3,(H2,25,28). The van der Waals surface area contributed by atoms with Crippen molar-refractivity contribution in [2.45, 2.75) is 25.2 Å². The van der Waals surface area contributed by atoms with Crippen LogP contribution < -0.4 is 10.6 Å². The number of aromatic nitrogens is 5. The highest BCUT2D eigenvalue weighted by Gasteiger charge is 2.52. The summed E-state index contributed by atoms with van der Waals surface area (Å²) in [7, 11) is 0. The molecular weight excluding hydrogens is 400 g/mol. The molecule has 0 bridgehead atoms. The molecule has 8 nitrogen and oxygen atoms in total. The molecule has 1 saturated carbocycles. The zero-order chi connectivity index (χ0) is 21.9. The van der Waals surface area contributed by atoms with Crippen molar-refractivity contribution in [2.24, 2.45) is 0 Å². The van der Waals surface area contributed by atoms with E-state index in [1.54, 1.807) is 12.4 Å². The number of nitrogens with two attached hydrogens (primary N) is 1. The van der Waals surface area contributed by atoms with Gasteiger partial charge in [-0.15, -0.1) is 10.2 Å². The Kier molecular flexibility index (Phi) is 3.83. The van der Waals surface area contributed by atoms with E-state index in [9.17, 15) is 0 Å². The van der Waals surface area contributed by atoms with Crippen molar-refractivity contribution in [3.63, 3.8) is 0 Å². The summed E-state index contributed by atoms with van der Waals surface area (Å²) in [5, 5.41) is 9.00. The molecule has 0 amide bonds.